The number of hydrogen-bond acceptors (Lipinski definition) is 4. The molecule has 1 aromatic carbocycles. The number of allylic oxidation sites excluding steroid dienone is 2. The SMILES string of the molecule is CC(C)(C)[Si](C)(C)OCc1cc2c(cc1C1=CC(CCN=[N+]=[N-])CCC1)OCO2. The highest BCUT2D eigenvalue weighted by atomic mass is 28.4. The monoisotopic (exact) mass is 415 g/mol. The predicted octanol–water partition coefficient (Wildman–Crippen LogP) is 6.82. The molecule has 0 amide bonds. The van der Waals surface area contributed by atoms with E-state index in [-0.39, 0.29) is 11.8 Å². The van der Waals surface area contributed by atoms with E-state index in [2.05, 4.69) is 62.1 Å². The minimum Gasteiger partial charge on any atom is -0.454 e. The average molecular weight is 416 g/mol. The van der Waals surface area contributed by atoms with Gasteiger partial charge in [0.1, 0.15) is 0 Å². The van der Waals surface area contributed by atoms with Crippen LogP contribution in [0.4, 0.5) is 0 Å². The van der Waals surface area contributed by atoms with Gasteiger partial charge < -0.3 is 13.9 Å². The molecule has 0 radical (unpaired) electrons. The Morgan fingerprint density at radius 1 is 1.24 bits per heavy atom. The molecule has 6 nitrogen and oxygen atoms in total. The van der Waals surface area contributed by atoms with E-state index >= 15 is 0 Å². The van der Waals surface area contributed by atoms with Crippen LogP contribution in [0, 0.1) is 5.92 Å². The van der Waals surface area contributed by atoms with Crippen LogP contribution in [0.15, 0.2) is 23.3 Å². The van der Waals surface area contributed by atoms with Crippen LogP contribution in [-0.4, -0.2) is 21.7 Å². The highest BCUT2D eigenvalue weighted by Crippen LogP contribution is 2.42. The van der Waals surface area contributed by atoms with Gasteiger partial charge in [0.25, 0.3) is 0 Å². The summed E-state index contributed by atoms with van der Waals surface area (Å²) >= 11 is 0. The van der Waals surface area contributed by atoms with Gasteiger partial charge in [-0.1, -0.05) is 32.0 Å². The van der Waals surface area contributed by atoms with Crippen LogP contribution in [0.25, 0.3) is 16.0 Å². The minimum absolute atomic E-state index is 0.167. The molecule has 2 aliphatic rings. The maximum absolute atomic E-state index is 8.54. The summed E-state index contributed by atoms with van der Waals surface area (Å²) in [5.74, 6) is 2.07. The average Bonchev–Trinajstić information content (AvgIpc) is 3.12. The molecule has 0 saturated carbocycles. The second-order valence-electron chi connectivity index (χ2n) is 9.50. The fourth-order valence-electron chi connectivity index (χ4n) is 3.60. The van der Waals surface area contributed by atoms with Gasteiger partial charge in [0, 0.05) is 11.5 Å². The van der Waals surface area contributed by atoms with Crippen LogP contribution in [-0.2, 0) is 11.0 Å². The number of azide groups is 1. The summed E-state index contributed by atoms with van der Waals surface area (Å²) in [7, 11) is -1.86. The molecule has 158 valence electrons. The Balaban J connectivity index is 1.88. The maximum Gasteiger partial charge on any atom is 0.231 e. The van der Waals surface area contributed by atoms with Gasteiger partial charge in [-0.05, 0) is 84.1 Å². The van der Waals surface area contributed by atoms with Gasteiger partial charge in [0.15, 0.2) is 19.8 Å². The number of fused-ring (bicyclic) bond motifs is 1. The molecule has 0 saturated heterocycles. The standard InChI is InChI=1S/C22H33N3O3Si/c1-22(2,3)29(4,5)28-14-18-12-20-21(27-15-26-20)13-19(18)17-8-6-7-16(11-17)9-10-24-25-23/h11-13,16H,6-10,14-15H2,1-5H3. The van der Waals surface area contributed by atoms with Crippen molar-refractivity contribution >= 4 is 13.9 Å². The van der Waals surface area contributed by atoms with Gasteiger partial charge in [-0.2, -0.15) is 0 Å². The van der Waals surface area contributed by atoms with E-state index in [0.29, 0.717) is 19.1 Å². The number of benzene rings is 1. The Kier molecular flexibility index (Phi) is 6.61. The van der Waals surface area contributed by atoms with Crippen molar-refractivity contribution in [2.45, 2.75) is 71.2 Å². The van der Waals surface area contributed by atoms with E-state index in [9.17, 15) is 0 Å². The van der Waals surface area contributed by atoms with E-state index in [1.807, 2.05) is 0 Å². The molecule has 1 heterocycles. The summed E-state index contributed by atoms with van der Waals surface area (Å²) in [6, 6.07) is 4.21. The van der Waals surface area contributed by atoms with E-state index < -0.39 is 8.32 Å². The molecule has 0 fully saturated rings. The van der Waals surface area contributed by atoms with Crippen molar-refractivity contribution in [2.75, 3.05) is 13.3 Å². The lowest BCUT2D eigenvalue weighted by molar-refractivity contribution is 0.174. The van der Waals surface area contributed by atoms with Gasteiger partial charge in [0.2, 0.25) is 6.79 Å². The first-order chi connectivity index (χ1) is 13.7. The zero-order valence-electron chi connectivity index (χ0n) is 18.3. The maximum atomic E-state index is 8.54. The van der Waals surface area contributed by atoms with Gasteiger partial charge in [-0.25, -0.2) is 0 Å². The Labute approximate surface area is 175 Å². The Hall–Kier alpha value is -1.95. The van der Waals surface area contributed by atoms with Crippen molar-refractivity contribution in [3.8, 4) is 11.5 Å². The normalized spacial score (nSPS) is 18.9. The molecule has 7 heteroatoms. The van der Waals surface area contributed by atoms with Crippen LogP contribution in [0.3, 0.4) is 0 Å². The number of hydrogen-bond donors (Lipinski definition) is 0. The quantitative estimate of drug-likeness (QED) is 0.212. The zero-order valence-corrected chi connectivity index (χ0v) is 19.3. The minimum atomic E-state index is -1.86. The van der Waals surface area contributed by atoms with Gasteiger partial charge in [-0.3, -0.25) is 0 Å². The highest BCUT2D eigenvalue weighted by molar-refractivity contribution is 6.74. The molecule has 0 spiro atoms. The highest BCUT2D eigenvalue weighted by Gasteiger charge is 2.37. The number of ether oxygens (including phenoxy) is 2. The summed E-state index contributed by atoms with van der Waals surface area (Å²) in [6.45, 7) is 12.8. The van der Waals surface area contributed by atoms with E-state index in [1.165, 1.54) is 16.7 Å². The van der Waals surface area contributed by atoms with Crippen LogP contribution < -0.4 is 9.47 Å². The van der Waals surface area contributed by atoms with Crippen molar-refractivity contribution in [1.82, 2.24) is 0 Å². The summed E-state index contributed by atoms with van der Waals surface area (Å²) in [4.78, 5) is 2.88. The molecule has 1 atom stereocenters. The second-order valence-corrected chi connectivity index (χ2v) is 14.3. The summed E-state index contributed by atoms with van der Waals surface area (Å²) in [6.07, 6.45) is 6.59. The fraction of sp³-hybridized carbons (Fsp3) is 0.636. The summed E-state index contributed by atoms with van der Waals surface area (Å²) in [5, 5.41) is 3.87. The van der Waals surface area contributed by atoms with Crippen molar-refractivity contribution in [3.05, 3.63) is 39.8 Å². The third-order valence-corrected chi connectivity index (χ3v) is 10.9. The van der Waals surface area contributed by atoms with Crippen LogP contribution in [0.2, 0.25) is 18.1 Å². The first kappa shape index (κ1) is 21.7. The largest absolute Gasteiger partial charge is 0.454 e. The number of nitrogens with zero attached hydrogens (tertiary/aromatic N) is 3. The first-order valence-electron chi connectivity index (χ1n) is 10.5. The van der Waals surface area contributed by atoms with Crippen molar-refractivity contribution in [1.29, 1.82) is 0 Å². The van der Waals surface area contributed by atoms with Crippen molar-refractivity contribution in [3.63, 3.8) is 0 Å². The molecule has 1 aliphatic carbocycles. The predicted molar refractivity (Wildman–Crippen MR) is 118 cm³/mol. The molecule has 1 unspecified atom stereocenters. The molecule has 0 aromatic heterocycles. The van der Waals surface area contributed by atoms with E-state index in [0.717, 1.165) is 37.2 Å². The molecular weight excluding hydrogens is 382 g/mol. The van der Waals surface area contributed by atoms with E-state index in [4.69, 9.17) is 19.4 Å². The smallest absolute Gasteiger partial charge is 0.231 e. The lowest BCUT2D eigenvalue weighted by Crippen LogP contribution is -2.40. The second kappa shape index (κ2) is 8.82. The Bertz CT molecular complexity index is 823. The molecule has 1 aromatic rings. The molecule has 0 bridgehead atoms. The topological polar surface area (TPSA) is 76.5 Å². The molecule has 0 N–H and O–H groups in total. The zero-order chi connectivity index (χ0) is 21.1. The summed E-state index contributed by atoms with van der Waals surface area (Å²) in [5.41, 5.74) is 12.3. The van der Waals surface area contributed by atoms with Gasteiger partial charge >= 0.3 is 0 Å². The van der Waals surface area contributed by atoms with E-state index in [1.54, 1.807) is 0 Å². The van der Waals surface area contributed by atoms with Gasteiger partial charge in [0.05, 0.1) is 6.61 Å². The Morgan fingerprint density at radius 2 is 1.97 bits per heavy atom. The third kappa shape index (κ3) is 5.16. The third-order valence-electron chi connectivity index (χ3n) is 6.46. The molecule has 29 heavy (non-hydrogen) atoms. The van der Waals surface area contributed by atoms with Crippen molar-refractivity contribution in [2.24, 2.45) is 11.0 Å². The van der Waals surface area contributed by atoms with Crippen LogP contribution >= 0.6 is 0 Å². The fourth-order valence-corrected chi connectivity index (χ4v) is 4.55. The molecule has 1 aliphatic heterocycles. The molecule has 3 rings (SSSR count). The Morgan fingerprint density at radius 3 is 2.66 bits per heavy atom. The van der Waals surface area contributed by atoms with Crippen LogP contribution in [0.1, 0.15) is 57.6 Å². The molecular formula is C22H33N3O3Si. The lowest BCUT2D eigenvalue weighted by atomic mass is 9.84. The number of rotatable bonds is 7. The van der Waals surface area contributed by atoms with Crippen LogP contribution in [0.5, 0.6) is 11.5 Å². The first-order valence-corrected chi connectivity index (χ1v) is 13.4. The van der Waals surface area contributed by atoms with Gasteiger partial charge in [-0.15, -0.1) is 0 Å². The lowest BCUT2D eigenvalue weighted by Gasteiger charge is -2.36. The van der Waals surface area contributed by atoms with Crippen molar-refractivity contribution < 1.29 is 13.9 Å². The summed E-state index contributed by atoms with van der Waals surface area (Å²) < 4.78 is 17.8.